The molecule has 2 rings (SSSR count). The first-order valence-corrected chi connectivity index (χ1v) is 7.39. The third kappa shape index (κ3) is 4.19. The van der Waals surface area contributed by atoms with Crippen molar-refractivity contribution in [3.63, 3.8) is 0 Å². The van der Waals surface area contributed by atoms with Crippen molar-refractivity contribution in [2.24, 2.45) is 0 Å². The van der Waals surface area contributed by atoms with Crippen LogP contribution in [0.15, 0.2) is 34.3 Å². The van der Waals surface area contributed by atoms with Crippen LogP contribution in [-0.2, 0) is 4.79 Å². The summed E-state index contributed by atoms with van der Waals surface area (Å²) in [5.41, 5.74) is 2.07. The standard InChI is InChI=1S/C15H17N3O2S/c1-9(2)12-6-4-11(5-7-12)8-13(14(19)20)21-15-16-10(3)17-18-15/h4-9H,1-3H3,(H,19,20)(H,16,17,18)/b13-8-. The van der Waals surface area contributed by atoms with Crippen LogP contribution in [0.25, 0.3) is 6.08 Å². The molecule has 2 aromatic rings. The molecule has 1 aromatic carbocycles. The van der Waals surface area contributed by atoms with Crippen molar-refractivity contribution in [3.05, 3.63) is 46.1 Å². The average molecular weight is 303 g/mol. The van der Waals surface area contributed by atoms with E-state index < -0.39 is 5.97 Å². The van der Waals surface area contributed by atoms with Gasteiger partial charge in [-0.2, -0.15) is 0 Å². The number of hydrogen-bond acceptors (Lipinski definition) is 4. The van der Waals surface area contributed by atoms with Crippen molar-refractivity contribution >= 4 is 23.8 Å². The predicted octanol–water partition coefficient (Wildman–Crippen LogP) is 3.45. The van der Waals surface area contributed by atoms with Gasteiger partial charge in [0, 0.05) is 0 Å². The molecule has 0 radical (unpaired) electrons. The van der Waals surface area contributed by atoms with Gasteiger partial charge in [0.1, 0.15) is 10.7 Å². The molecule has 1 aromatic heterocycles. The van der Waals surface area contributed by atoms with E-state index in [2.05, 4.69) is 29.0 Å². The van der Waals surface area contributed by atoms with Crippen molar-refractivity contribution in [1.29, 1.82) is 0 Å². The summed E-state index contributed by atoms with van der Waals surface area (Å²) in [5, 5.41) is 16.3. The molecule has 5 nitrogen and oxygen atoms in total. The molecule has 0 saturated heterocycles. The van der Waals surface area contributed by atoms with E-state index in [1.165, 1.54) is 5.56 Å². The molecule has 21 heavy (non-hydrogen) atoms. The summed E-state index contributed by atoms with van der Waals surface area (Å²) in [4.78, 5) is 15.6. The Morgan fingerprint density at radius 1 is 1.33 bits per heavy atom. The van der Waals surface area contributed by atoms with Crippen LogP contribution in [0.5, 0.6) is 0 Å². The van der Waals surface area contributed by atoms with E-state index in [1.807, 2.05) is 24.3 Å². The second-order valence-electron chi connectivity index (χ2n) is 4.94. The van der Waals surface area contributed by atoms with Crippen LogP contribution in [0.1, 0.15) is 36.7 Å². The Labute approximate surface area is 127 Å². The Balaban J connectivity index is 2.22. The van der Waals surface area contributed by atoms with Crippen LogP contribution < -0.4 is 0 Å². The Hall–Kier alpha value is -2.08. The summed E-state index contributed by atoms with van der Waals surface area (Å²) >= 11 is 1.03. The first-order valence-electron chi connectivity index (χ1n) is 6.57. The number of carboxylic acid groups (broad SMARTS) is 1. The van der Waals surface area contributed by atoms with Crippen LogP contribution in [0.4, 0.5) is 0 Å². The smallest absolute Gasteiger partial charge is 0.342 e. The average Bonchev–Trinajstić information content (AvgIpc) is 2.84. The highest BCUT2D eigenvalue weighted by atomic mass is 32.2. The van der Waals surface area contributed by atoms with Crippen LogP contribution in [0.2, 0.25) is 0 Å². The summed E-state index contributed by atoms with van der Waals surface area (Å²) in [6, 6.07) is 7.86. The number of aromatic amines is 1. The van der Waals surface area contributed by atoms with Crippen molar-refractivity contribution < 1.29 is 9.90 Å². The van der Waals surface area contributed by atoms with Crippen molar-refractivity contribution in [2.45, 2.75) is 31.8 Å². The monoisotopic (exact) mass is 303 g/mol. The highest BCUT2D eigenvalue weighted by molar-refractivity contribution is 8.04. The number of benzene rings is 1. The molecule has 110 valence electrons. The molecule has 2 N–H and O–H groups in total. The SMILES string of the molecule is Cc1nc(S/C(=C\c2ccc(C(C)C)cc2)C(=O)O)n[nH]1. The van der Waals surface area contributed by atoms with E-state index in [9.17, 15) is 9.90 Å². The van der Waals surface area contributed by atoms with Crippen LogP contribution in [0, 0.1) is 6.92 Å². The summed E-state index contributed by atoms with van der Waals surface area (Å²) in [6.45, 7) is 6.01. The van der Waals surface area contributed by atoms with Gasteiger partial charge in [0.2, 0.25) is 5.16 Å². The molecule has 0 atom stereocenters. The number of aliphatic carboxylic acids is 1. The van der Waals surface area contributed by atoms with E-state index in [0.717, 1.165) is 17.3 Å². The highest BCUT2D eigenvalue weighted by Gasteiger charge is 2.13. The second kappa shape index (κ2) is 6.58. The van der Waals surface area contributed by atoms with Gasteiger partial charge in [-0.15, -0.1) is 5.10 Å². The highest BCUT2D eigenvalue weighted by Crippen LogP contribution is 2.26. The minimum absolute atomic E-state index is 0.186. The number of H-pyrrole nitrogens is 1. The lowest BCUT2D eigenvalue weighted by molar-refractivity contribution is -0.131. The van der Waals surface area contributed by atoms with Gasteiger partial charge in [-0.1, -0.05) is 38.1 Å². The molecule has 0 amide bonds. The van der Waals surface area contributed by atoms with E-state index >= 15 is 0 Å². The normalized spacial score (nSPS) is 11.9. The minimum Gasteiger partial charge on any atom is -0.477 e. The van der Waals surface area contributed by atoms with Gasteiger partial charge in [-0.05, 0) is 41.8 Å². The number of carboxylic acids is 1. The van der Waals surface area contributed by atoms with Gasteiger partial charge in [0.15, 0.2) is 0 Å². The molecule has 0 bridgehead atoms. The van der Waals surface area contributed by atoms with E-state index in [0.29, 0.717) is 16.9 Å². The lowest BCUT2D eigenvalue weighted by atomic mass is 10.0. The number of nitrogens with zero attached hydrogens (tertiary/aromatic N) is 2. The van der Waals surface area contributed by atoms with Crippen LogP contribution in [0.3, 0.4) is 0 Å². The first kappa shape index (κ1) is 15.3. The van der Waals surface area contributed by atoms with Gasteiger partial charge >= 0.3 is 5.97 Å². The maximum absolute atomic E-state index is 11.3. The molecular weight excluding hydrogens is 286 g/mol. The number of thioether (sulfide) groups is 1. The maximum Gasteiger partial charge on any atom is 0.342 e. The first-order chi connectivity index (χ1) is 9.95. The molecule has 0 unspecified atom stereocenters. The fourth-order valence-electron chi connectivity index (χ4n) is 1.73. The summed E-state index contributed by atoms with van der Waals surface area (Å²) < 4.78 is 0. The van der Waals surface area contributed by atoms with E-state index in [-0.39, 0.29) is 4.91 Å². The fraction of sp³-hybridized carbons (Fsp3) is 0.267. The molecular formula is C15H17N3O2S. The zero-order valence-electron chi connectivity index (χ0n) is 12.1. The Morgan fingerprint density at radius 2 is 2.00 bits per heavy atom. The Kier molecular flexibility index (Phi) is 4.80. The number of aryl methyl sites for hydroxylation is 1. The molecule has 0 aliphatic rings. The molecule has 0 saturated carbocycles. The number of aromatic nitrogens is 3. The molecule has 0 aliphatic carbocycles. The summed E-state index contributed by atoms with van der Waals surface area (Å²) in [5.74, 6) is 0.117. The van der Waals surface area contributed by atoms with Gasteiger partial charge in [0.05, 0.1) is 0 Å². The van der Waals surface area contributed by atoms with Crippen molar-refractivity contribution in [2.75, 3.05) is 0 Å². The quantitative estimate of drug-likeness (QED) is 0.653. The predicted molar refractivity (Wildman–Crippen MR) is 83.1 cm³/mol. The van der Waals surface area contributed by atoms with E-state index in [4.69, 9.17) is 0 Å². The number of nitrogens with one attached hydrogen (secondary N) is 1. The minimum atomic E-state index is -0.990. The van der Waals surface area contributed by atoms with Gasteiger partial charge in [-0.3, -0.25) is 5.10 Å². The maximum atomic E-state index is 11.3. The Bertz CT molecular complexity index is 660. The van der Waals surface area contributed by atoms with Crippen molar-refractivity contribution in [3.8, 4) is 0 Å². The molecule has 1 heterocycles. The summed E-state index contributed by atoms with van der Waals surface area (Å²) in [6.07, 6.45) is 1.63. The third-order valence-corrected chi connectivity index (χ3v) is 3.77. The lowest BCUT2D eigenvalue weighted by Crippen LogP contribution is -1.97. The van der Waals surface area contributed by atoms with Gasteiger partial charge in [-0.25, -0.2) is 9.78 Å². The van der Waals surface area contributed by atoms with Gasteiger partial charge in [0.25, 0.3) is 0 Å². The third-order valence-electron chi connectivity index (χ3n) is 2.89. The summed E-state index contributed by atoms with van der Waals surface area (Å²) in [7, 11) is 0. The van der Waals surface area contributed by atoms with Gasteiger partial charge < -0.3 is 5.11 Å². The molecule has 0 aliphatic heterocycles. The van der Waals surface area contributed by atoms with Crippen LogP contribution >= 0.6 is 11.8 Å². The van der Waals surface area contributed by atoms with E-state index in [1.54, 1.807) is 13.0 Å². The Morgan fingerprint density at radius 3 is 2.48 bits per heavy atom. The van der Waals surface area contributed by atoms with Crippen molar-refractivity contribution in [1.82, 2.24) is 15.2 Å². The lowest BCUT2D eigenvalue weighted by Gasteiger charge is -2.05. The second-order valence-corrected chi connectivity index (χ2v) is 5.95. The van der Waals surface area contributed by atoms with Crippen LogP contribution in [-0.4, -0.2) is 26.3 Å². The zero-order valence-corrected chi connectivity index (χ0v) is 12.9. The molecule has 0 fully saturated rings. The fourth-order valence-corrected chi connectivity index (χ4v) is 2.48. The number of rotatable bonds is 5. The number of carbonyl (C=O) groups is 1. The topological polar surface area (TPSA) is 78.9 Å². The molecule has 0 spiro atoms. The number of hydrogen-bond donors (Lipinski definition) is 2. The largest absolute Gasteiger partial charge is 0.477 e. The zero-order chi connectivity index (χ0) is 15.4. The molecule has 6 heteroatoms.